The van der Waals surface area contributed by atoms with Crippen LogP contribution in [0.25, 0.3) is 0 Å². The minimum atomic E-state index is -0.186. The van der Waals surface area contributed by atoms with Crippen LogP contribution in [0.2, 0.25) is 0 Å². The molecule has 1 atom stereocenters. The van der Waals surface area contributed by atoms with E-state index < -0.39 is 0 Å². The van der Waals surface area contributed by atoms with E-state index in [1.165, 1.54) is 5.56 Å². The summed E-state index contributed by atoms with van der Waals surface area (Å²) in [6, 6.07) is 15.2. The lowest BCUT2D eigenvalue weighted by molar-refractivity contribution is 0.0975. The maximum Gasteiger partial charge on any atom is 0.257 e. The predicted octanol–water partition coefficient (Wildman–Crippen LogP) is 3.68. The van der Waals surface area contributed by atoms with Crippen LogP contribution in [0.1, 0.15) is 34.3 Å². The molecular formula is C21H25N3O2. The molecule has 0 aromatic heterocycles. The van der Waals surface area contributed by atoms with Gasteiger partial charge in [-0.25, -0.2) is 4.99 Å². The molecule has 1 saturated heterocycles. The number of hydrogen-bond donors (Lipinski definition) is 2. The van der Waals surface area contributed by atoms with Crippen molar-refractivity contribution in [3.63, 3.8) is 0 Å². The maximum absolute atomic E-state index is 12.5. The molecule has 0 radical (unpaired) electrons. The first kappa shape index (κ1) is 18.1. The number of aliphatic imine (C=N–C) groups is 1. The molecular weight excluding hydrogens is 326 g/mol. The molecule has 2 aromatic carbocycles. The van der Waals surface area contributed by atoms with Crippen LogP contribution in [0.15, 0.2) is 53.5 Å². The number of benzene rings is 2. The summed E-state index contributed by atoms with van der Waals surface area (Å²) < 4.78 is 5.64. The summed E-state index contributed by atoms with van der Waals surface area (Å²) in [7, 11) is 0. The first-order valence-electron chi connectivity index (χ1n) is 8.99. The van der Waals surface area contributed by atoms with Crippen molar-refractivity contribution in [2.45, 2.75) is 32.8 Å². The van der Waals surface area contributed by atoms with Crippen LogP contribution in [-0.4, -0.2) is 31.1 Å². The number of nitrogens with one attached hydrogen (secondary N) is 2. The largest absolute Gasteiger partial charge is 0.376 e. The molecule has 2 N–H and O–H groups in total. The van der Waals surface area contributed by atoms with Gasteiger partial charge in [0, 0.05) is 17.9 Å². The van der Waals surface area contributed by atoms with Crippen LogP contribution in [0, 0.1) is 13.8 Å². The number of hydrogen-bond acceptors (Lipinski definition) is 3. The van der Waals surface area contributed by atoms with Gasteiger partial charge in [0.25, 0.3) is 5.91 Å². The van der Waals surface area contributed by atoms with Crippen molar-refractivity contribution >= 4 is 17.6 Å². The molecule has 1 aliphatic heterocycles. The smallest absolute Gasteiger partial charge is 0.257 e. The van der Waals surface area contributed by atoms with E-state index in [1.54, 1.807) is 12.1 Å². The van der Waals surface area contributed by atoms with Crippen LogP contribution in [-0.2, 0) is 4.74 Å². The van der Waals surface area contributed by atoms with E-state index in [0.29, 0.717) is 18.1 Å². The minimum absolute atomic E-state index is 0.124. The van der Waals surface area contributed by atoms with Crippen molar-refractivity contribution in [2.24, 2.45) is 4.99 Å². The number of carbonyl (C=O) groups is 1. The Morgan fingerprint density at radius 3 is 2.69 bits per heavy atom. The monoisotopic (exact) mass is 351 g/mol. The number of ether oxygens (including phenoxy) is 1. The molecule has 1 fully saturated rings. The highest BCUT2D eigenvalue weighted by molar-refractivity contribution is 6.10. The number of aryl methyl sites for hydroxylation is 1. The molecule has 5 nitrogen and oxygen atoms in total. The van der Waals surface area contributed by atoms with E-state index >= 15 is 0 Å². The number of carbonyl (C=O) groups excluding carboxylic acids is 1. The average Bonchev–Trinajstić information content (AvgIpc) is 3.17. The predicted molar refractivity (Wildman–Crippen MR) is 105 cm³/mol. The van der Waals surface area contributed by atoms with Gasteiger partial charge in [-0.15, -0.1) is 0 Å². The quantitative estimate of drug-likeness (QED) is 0.652. The summed E-state index contributed by atoms with van der Waals surface area (Å²) in [5.41, 5.74) is 3.85. The highest BCUT2D eigenvalue weighted by atomic mass is 16.5. The van der Waals surface area contributed by atoms with Gasteiger partial charge in [-0.2, -0.15) is 0 Å². The Labute approximate surface area is 154 Å². The zero-order chi connectivity index (χ0) is 18.4. The van der Waals surface area contributed by atoms with Gasteiger partial charge in [-0.05, 0) is 56.0 Å². The summed E-state index contributed by atoms with van der Waals surface area (Å²) in [5, 5.41) is 6.17. The number of amides is 1. The second-order valence-electron chi connectivity index (χ2n) is 6.52. The fourth-order valence-electron chi connectivity index (χ4n) is 2.88. The Morgan fingerprint density at radius 2 is 1.96 bits per heavy atom. The SMILES string of the molecule is Cc1cccc(NC(=NC[C@@H]2CCCO2)NC(=O)c2ccccc2)c1C. The average molecular weight is 351 g/mol. The van der Waals surface area contributed by atoms with Gasteiger partial charge in [0.15, 0.2) is 0 Å². The normalized spacial score (nSPS) is 17.2. The van der Waals surface area contributed by atoms with Gasteiger partial charge >= 0.3 is 0 Å². The molecule has 1 heterocycles. The first-order valence-corrected chi connectivity index (χ1v) is 8.99. The first-order chi connectivity index (χ1) is 12.6. The second-order valence-corrected chi connectivity index (χ2v) is 6.52. The molecule has 136 valence electrons. The molecule has 0 saturated carbocycles. The van der Waals surface area contributed by atoms with Gasteiger partial charge in [-0.3, -0.25) is 10.1 Å². The third kappa shape index (κ3) is 4.70. The van der Waals surface area contributed by atoms with E-state index in [0.717, 1.165) is 30.7 Å². The maximum atomic E-state index is 12.5. The van der Waals surface area contributed by atoms with E-state index in [4.69, 9.17) is 4.74 Å². The Kier molecular flexibility index (Phi) is 6.02. The summed E-state index contributed by atoms with van der Waals surface area (Å²) in [6.45, 7) is 5.43. The van der Waals surface area contributed by atoms with Gasteiger partial charge in [0.2, 0.25) is 5.96 Å². The van der Waals surface area contributed by atoms with Crippen LogP contribution in [0.4, 0.5) is 5.69 Å². The van der Waals surface area contributed by atoms with Crippen molar-refractivity contribution in [3.05, 3.63) is 65.2 Å². The molecule has 2 aromatic rings. The van der Waals surface area contributed by atoms with Gasteiger partial charge < -0.3 is 10.1 Å². The standard InChI is InChI=1S/C21H25N3O2/c1-15-8-6-12-19(16(15)2)23-21(22-14-18-11-7-13-26-18)24-20(25)17-9-4-3-5-10-17/h3-6,8-10,12,18H,7,11,13-14H2,1-2H3,(H2,22,23,24,25)/t18-/m0/s1. The van der Waals surface area contributed by atoms with Crippen molar-refractivity contribution in [2.75, 3.05) is 18.5 Å². The Bertz CT molecular complexity index is 781. The zero-order valence-electron chi connectivity index (χ0n) is 15.3. The van der Waals surface area contributed by atoms with E-state index in [9.17, 15) is 4.79 Å². The minimum Gasteiger partial charge on any atom is -0.376 e. The molecule has 0 spiro atoms. The summed E-state index contributed by atoms with van der Waals surface area (Å²) in [6.07, 6.45) is 2.20. The molecule has 5 heteroatoms. The van der Waals surface area contributed by atoms with Crippen LogP contribution >= 0.6 is 0 Å². The second kappa shape index (κ2) is 8.63. The van der Waals surface area contributed by atoms with E-state index in [1.807, 2.05) is 37.3 Å². The summed E-state index contributed by atoms with van der Waals surface area (Å²) in [4.78, 5) is 17.1. The Balaban J connectivity index is 1.77. The number of guanidine groups is 1. The van der Waals surface area contributed by atoms with E-state index in [-0.39, 0.29) is 12.0 Å². The highest BCUT2D eigenvalue weighted by Crippen LogP contribution is 2.18. The molecule has 1 amide bonds. The Hall–Kier alpha value is -2.66. The molecule has 1 aliphatic rings. The summed E-state index contributed by atoms with van der Waals surface area (Å²) >= 11 is 0. The fourth-order valence-corrected chi connectivity index (χ4v) is 2.88. The molecule has 3 rings (SSSR count). The molecule has 0 aliphatic carbocycles. The van der Waals surface area contributed by atoms with Gasteiger partial charge in [0.05, 0.1) is 12.6 Å². The molecule has 0 bridgehead atoms. The lowest BCUT2D eigenvalue weighted by atomic mass is 10.1. The van der Waals surface area contributed by atoms with Crippen molar-refractivity contribution < 1.29 is 9.53 Å². The third-order valence-electron chi connectivity index (χ3n) is 4.60. The van der Waals surface area contributed by atoms with E-state index in [2.05, 4.69) is 28.6 Å². The fraction of sp³-hybridized carbons (Fsp3) is 0.333. The Morgan fingerprint density at radius 1 is 1.15 bits per heavy atom. The van der Waals surface area contributed by atoms with Crippen molar-refractivity contribution in [1.29, 1.82) is 0 Å². The molecule has 0 unspecified atom stereocenters. The lowest BCUT2D eigenvalue weighted by Crippen LogP contribution is -2.37. The number of nitrogens with zero attached hydrogens (tertiary/aromatic N) is 1. The van der Waals surface area contributed by atoms with Crippen LogP contribution in [0.5, 0.6) is 0 Å². The number of anilines is 1. The van der Waals surface area contributed by atoms with Crippen molar-refractivity contribution in [1.82, 2.24) is 5.32 Å². The van der Waals surface area contributed by atoms with Gasteiger partial charge in [0.1, 0.15) is 0 Å². The lowest BCUT2D eigenvalue weighted by Gasteiger charge is -2.15. The van der Waals surface area contributed by atoms with Crippen LogP contribution in [0.3, 0.4) is 0 Å². The summed E-state index contributed by atoms with van der Waals surface area (Å²) in [5.74, 6) is 0.262. The van der Waals surface area contributed by atoms with Gasteiger partial charge in [-0.1, -0.05) is 30.3 Å². The van der Waals surface area contributed by atoms with Crippen LogP contribution < -0.4 is 10.6 Å². The molecule has 26 heavy (non-hydrogen) atoms. The topological polar surface area (TPSA) is 62.7 Å². The zero-order valence-corrected chi connectivity index (χ0v) is 15.3. The third-order valence-corrected chi connectivity index (χ3v) is 4.60. The van der Waals surface area contributed by atoms with Crippen molar-refractivity contribution in [3.8, 4) is 0 Å². The highest BCUT2D eigenvalue weighted by Gasteiger charge is 2.16. The number of rotatable bonds is 4.